The summed E-state index contributed by atoms with van der Waals surface area (Å²) in [5.74, 6) is -0.199. The molecular formula is C23H15BrCl2N2O. The maximum Gasteiger partial charge on any atom is 0.256 e. The maximum atomic E-state index is 13.3. The van der Waals surface area contributed by atoms with Gasteiger partial charge in [0.05, 0.1) is 21.8 Å². The first kappa shape index (κ1) is 19.9. The Kier molecular flexibility index (Phi) is 5.59. The lowest BCUT2D eigenvalue weighted by Crippen LogP contribution is -2.15. The molecular weight excluding hydrogens is 471 g/mol. The Hall–Kier alpha value is -2.40. The van der Waals surface area contributed by atoms with Gasteiger partial charge < -0.3 is 5.32 Å². The molecule has 0 bridgehead atoms. The van der Waals surface area contributed by atoms with Crippen LogP contribution in [0.25, 0.3) is 22.2 Å². The molecule has 29 heavy (non-hydrogen) atoms. The molecule has 4 rings (SSSR count). The number of para-hydroxylation sites is 1. The van der Waals surface area contributed by atoms with Crippen LogP contribution in [0.4, 0.5) is 5.69 Å². The lowest BCUT2D eigenvalue weighted by Gasteiger charge is -2.15. The van der Waals surface area contributed by atoms with Gasteiger partial charge in [-0.15, -0.1) is 0 Å². The van der Waals surface area contributed by atoms with Crippen molar-refractivity contribution in [1.82, 2.24) is 4.98 Å². The van der Waals surface area contributed by atoms with Gasteiger partial charge in [0, 0.05) is 26.1 Å². The third-order valence-corrected chi connectivity index (χ3v) is 5.73. The van der Waals surface area contributed by atoms with E-state index in [9.17, 15) is 4.79 Å². The number of fused-ring (bicyclic) bond motifs is 1. The molecule has 1 amide bonds. The van der Waals surface area contributed by atoms with Gasteiger partial charge in [-0.1, -0.05) is 57.3 Å². The number of nitrogens with one attached hydrogen (secondary N) is 1. The number of amides is 1. The average Bonchev–Trinajstić information content (AvgIpc) is 2.69. The summed E-state index contributed by atoms with van der Waals surface area (Å²) in [6, 6.07) is 20.3. The number of anilines is 1. The SMILES string of the molecule is Cc1c(-c2ccc(Cl)cc2Cl)nc2ccccc2c1C(=O)Nc1ccc(Br)cc1. The number of carbonyl (C=O) groups excluding carboxylic acids is 1. The summed E-state index contributed by atoms with van der Waals surface area (Å²) in [5.41, 5.74) is 4.15. The van der Waals surface area contributed by atoms with E-state index >= 15 is 0 Å². The van der Waals surface area contributed by atoms with Crippen molar-refractivity contribution in [3.63, 3.8) is 0 Å². The Morgan fingerprint density at radius 1 is 1.00 bits per heavy atom. The first-order valence-electron chi connectivity index (χ1n) is 8.86. The van der Waals surface area contributed by atoms with Crippen LogP contribution in [0.15, 0.2) is 71.2 Å². The lowest BCUT2D eigenvalue weighted by atomic mass is 9.97. The van der Waals surface area contributed by atoms with Crippen LogP contribution in [-0.2, 0) is 0 Å². The second-order valence-corrected chi connectivity index (χ2v) is 8.32. The highest BCUT2D eigenvalue weighted by Crippen LogP contribution is 2.35. The lowest BCUT2D eigenvalue weighted by molar-refractivity contribution is 0.102. The summed E-state index contributed by atoms with van der Waals surface area (Å²) in [4.78, 5) is 18.0. The van der Waals surface area contributed by atoms with E-state index in [-0.39, 0.29) is 5.91 Å². The molecule has 6 heteroatoms. The van der Waals surface area contributed by atoms with Crippen LogP contribution in [-0.4, -0.2) is 10.9 Å². The molecule has 4 aromatic rings. The Labute approximate surface area is 186 Å². The van der Waals surface area contributed by atoms with Crippen molar-refractivity contribution in [2.24, 2.45) is 0 Å². The van der Waals surface area contributed by atoms with Crippen LogP contribution in [0.2, 0.25) is 10.0 Å². The Balaban J connectivity index is 1.89. The summed E-state index contributed by atoms with van der Waals surface area (Å²) in [6.45, 7) is 1.89. The first-order chi connectivity index (χ1) is 13.9. The molecule has 0 aliphatic rings. The number of aromatic nitrogens is 1. The van der Waals surface area contributed by atoms with Crippen LogP contribution < -0.4 is 5.32 Å². The zero-order valence-corrected chi connectivity index (χ0v) is 18.4. The number of benzene rings is 3. The van der Waals surface area contributed by atoms with Crippen molar-refractivity contribution in [2.45, 2.75) is 6.92 Å². The van der Waals surface area contributed by atoms with Crippen molar-refractivity contribution in [3.05, 3.63) is 92.4 Å². The Bertz CT molecular complexity index is 1240. The molecule has 3 nitrogen and oxygen atoms in total. The van der Waals surface area contributed by atoms with E-state index in [1.807, 2.05) is 61.5 Å². The largest absolute Gasteiger partial charge is 0.322 e. The molecule has 144 valence electrons. The highest BCUT2D eigenvalue weighted by atomic mass is 79.9. The van der Waals surface area contributed by atoms with E-state index in [4.69, 9.17) is 28.2 Å². The van der Waals surface area contributed by atoms with Crippen molar-refractivity contribution < 1.29 is 4.79 Å². The second kappa shape index (κ2) is 8.15. The number of carbonyl (C=O) groups is 1. The van der Waals surface area contributed by atoms with E-state index in [1.54, 1.807) is 12.1 Å². The number of hydrogen-bond acceptors (Lipinski definition) is 2. The van der Waals surface area contributed by atoms with Crippen molar-refractivity contribution in [2.75, 3.05) is 5.32 Å². The van der Waals surface area contributed by atoms with Crippen LogP contribution >= 0.6 is 39.1 Å². The molecule has 0 saturated carbocycles. The van der Waals surface area contributed by atoms with Crippen LogP contribution in [0.5, 0.6) is 0 Å². The predicted octanol–water partition coefficient (Wildman–Crippen LogP) is 7.53. The minimum atomic E-state index is -0.199. The molecule has 0 spiro atoms. The molecule has 3 aromatic carbocycles. The molecule has 1 aromatic heterocycles. The van der Waals surface area contributed by atoms with Gasteiger partial charge in [0.15, 0.2) is 0 Å². The third kappa shape index (κ3) is 4.01. The van der Waals surface area contributed by atoms with Gasteiger partial charge in [-0.2, -0.15) is 0 Å². The maximum absolute atomic E-state index is 13.3. The van der Waals surface area contributed by atoms with Gasteiger partial charge >= 0.3 is 0 Å². The molecule has 0 radical (unpaired) electrons. The van der Waals surface area contributed by atoms with Gasteiger partial charge in [-0.3, -0.25) is 4.79 Å². The Morgan fingerprint density at radius 3 is 2.45 bits per heavy atom. The summed E-state index contributed by atoms with van der Waals surface area (Å²) >= 11 is 15.9. The average molecular weight is 486 g/mol. The second-order valence-electron chi connectivity index (χ2n) is 6.56. The summed E-state index contributed by atoms with van der Waals surface area (Å²) in [7, 11) is 0. The van der Waals surface area contributed by atoms with E-state index in [2.05, 4.69) is 21.2 Å². The fraction of sp³-hybridized carbons (Fsp3) is 0.0435. The molecule has 0 aliphatic carbocycles. The number of pyridine rings is 1. The summed E-state index contributed by atoms with van der Waals surface area (Å²) in [5, 5.41) is 4.80. The van der Waals surface area contributed by atoms with Gasteiger partial charge in [0.25, 0.3) is 5.91 Å². The number of rotatable bonds is 3. The molecule has 0 aliphatic heterocycles. The molecule has 0 saturated heterocycles. The van der Waals surface area contributed by atoms with Gasteiger partial charge in [0.2, 0.25) is 0 Å². The summed E-state index contributed by atoms with van der Waals surface area (Å²) < 4.78 is 0.945. The minimum Gasteiger partial charge on any atom is -0.322 e. The number of hydrogen-bond donors (Lipinski definition) is 1. The monoisotopic (exact) mass is 484 g/mol. The van der Waals surface area contributed by atoms with Gasteiger partial charge in [-0.25, -0.2) is 4.98 Å². The van der Waals surface area contributed by atoms with Crippen LogP contribution in [0, 0.1) is 6.92 Å². The Morgan fingerprint density at radius 2 is 1.72 bits per heavy atom. The predicted molar refractivity (Wildman–Crippen MR) is 124 cm³/mol. The molecule has 0 atom stereocenters. The van der Waals surface area contributed by atoms with Crippen molar-refractivity contribution >= 4 is 61.6 Å². The topological polar surface area (TPSA) is 42.0 Å². The quantitative estimate of drug-likeness (QED) is 0.325. The highest BCUT2D eigenvalue weighted by Gasteiger charge is 2.20. The van der Waals surface area contributed by atoms with Gasteiger partial charge in [-0.05, 0) is 61.0 Å². The smallest absolute Gasteiger partial charge is 0.256 e. The van der Waals surface area contributed by atoms with Crippen molar-refractivity contribution in [3.8, 4) is 11.3 Å². The van der Waals surface area contributed by atoms with E-state index in [1.165, 1.54) is 0 Å². The normalized spacial score (nSPS) is 10.9. The number of halogens is 3. The van der Waals surface area contributed by atoms with Gasteiger partial charge in [0.1, 0.15) is 0 Å². The fourth-order valence-corrected chi connectivity index (χ4v) is 4.03. The zero-order valence-electron chi connectivity index (χ0n) is 15.3. The first-order valence-corrected chi connectivity index (χ1v) is 10.4. The number of nitrogens with zero attached hydrogens (tertiary/aromatic N) is 1. The van der Waals surface area contributed by atoms with Crippen LogP contribution in [0.3, 0.4) is 0 Å². The molecule has 0 fully saturated rings. The molecule has 1 N–H and O–H groups in total. The van der Waals surface area contributed by atoms with E-state index in [0.29, 0.717) is 27.0 Å². The van der Waals surface area contributed by atoms with Crippen molar-refractivity contribution in [1.29, 1.82) is 0 Å². The third-order valence-electron chi connectivity index (χ3n) is 4.65. The van der Waals surface area contributed by atoms with Crippen LogP contribution in [0.1, 0.15) is 15.9 Å². The zero-order chi connectivity index (χ0) is 20.5. The molecule has 0 unspecified atom stereocenters. The highest BCUT2D eigenvalue weighted by molar-refractivity contribution is 9.10. The van der Waals surface area contributed by atoms with E-state index in [0.717, 1.165) is 26.5 Å². The standard InChI is InChI=1S/C23H15BrCl2N2O/c1-13-21(23(29)27-16-9-6-14(24)7-10-16)18-4-2-3-5-20(18)28-22(13)17-11-8-15(25)12-19(17)26/h2-12H,1H3,(H,27,29). The fourth-order valence-electron chi connectivity index (χ4n) is 3.27. The molecule has 1 heterocycles. The van der Waals surface area contributed by atoms with E-state index < -0.39 is 0 Å². The minimum absolute atomic E-state index is 0.199. The summed E-state index contributed by atoms with van der Waals surface area (Å²) in [6.07, 6.45) is 0.